The molecule has 0 unspecified atom stereocenters. The molecule has 0 aromatic heterocycles. The van der Waals surface area contributed by atoms with E-state index in [0.29, 0.717) is 0 Å². The molecule has 1 aromatic rings. The number of nitriles is 2. The number of hydrogen-bond donors (Lipinski definition) is 0. The molecule has 0 aliphatic rings. The zero-order valence-electron chi connectivity index (χ0n) is 9.01. The van der Waals surface area contributed by atoms with Crippen LogP contribution in [0.15, 0.2) is 30.3 Å². The van der Waals surface area contributed by atoms with E-state index >= 15 is 0 Å². The lowest BCUT2D eigenvalue weighted by Crippen LogP contribution is -2.15. The van der Waals surface area contributed by atoms with Crippen LogP contribution in [-0.4, -0.2) is 0 Å². The van der Waals surface area contributed by atoms with E-state index < -0.39 is 5.92 Å². The molecule has 0 heterocycles. The van der Waals surface area contributed by atoms with E-state index in [1.807, 2.05) is 44.2 Å². The lowest BCUT2D eigenvalue weighted by Gasteiger charge is -2.21. The average Bonchev–Trinajstić information content (AvgIpc) is 2.26. The summed E-state index contributed by atoms with van der Waals surface area (Å²) in [6.07, 6.45) is 0. The van der Waals surface area contributed by atoms with Crippen molar-refractivity contribution in [2.24, 2.45) is 11.8 Å². The standard InChI is InChI=1S/C13H14N2/c1-10(2)13(12(8-14)9-15)11-6-4-3-5-7-11/h3-7,10,12-13H,1-2H3/t13-/m1/s1. The fourth-order valence-corrected chi connectivity index (χ4v) is 1.83. The number of nitrogens with zero attached hydrogens (tertiary/aromatic N) is 2. The Morgan fingerprint density at radius 3 is 1.93 bits per heavy atom. The third kappa shape index (κ3) is 2.58. The summed E-state index contributed by atoms with van der Waals surface area (Å²) in [7, 11) is 0. The summed E-state index contributed by atoms with van der Waals surface area (Å²) >= 11 is 0. The minimum atomic E-state index is -0.563. The molecule has 0 aliphatic carbocycles. The van der Waals surface area contributed by atoms with Gasteiger partial charge in [-0.2, -0.15) is 10.5 Å². The van der Waals surface area contributed by atoms with Gasteiger partial charge < -0.3 is 0 Å². The van der Waals surface area contributed by atoms with Gasteiger partial charge in [-0.25, -0.2) is 0 Å². The monoisotopic (exact) mass is 198 g/mol. The van der Waals surface area contributed by atoms with Crippen LogP contribution >= 0.6 is 0 Å². The van der Waals surface area contributed by atoms with Crippen LogP contribution in [0.2, 0.25) is 0 Å². The first-order valence-electron chi connectivity index (χ1n) is 5.05. The molecule has 0 spiro atoms. The van der Waals surface area contributed by atoms with Crippen molar-refractivity contribution in [1.29, 1.82) is 10.5 Å². The van der Waals surface area contributed by atoms with E-state index in [-0.39, 0.29) is 11.8 Å². The number of rotatable bonds is 3. The van der Waals surface area contributed by atoms with Crippen molar-refractivity contribution in [2.45, 2.75) is 19.8 Å². The lowest BCUT2D eigenvalue weighted by molar-refractivity contribution is 0.454. The van der Waals surface area contributed by atoms with Crippen LogP contribution in [0.4, 0.5) is 0 Å². The summed E-state index contributed by atoms with van der Waals surface area (Å²) in [5.41, 5.74) is 1.07. The maximum Gasteiger partial charge on any atom is 0.140 e. The SMILES string of the molecule is CC(C)[C@H](c1ccccc1)C(C#N)C#N. The summed E-state index contributed by atoms with van der Waals surface area (Å²) in [6.45, 7) is 4.08. The van der Waals surface area contributed by atoms with Crippen LogP contribution in [0, 0.1) is 34.5 Å². The van der Waals surface area contributed by atoms with Crippen LogP contribution in [0.1, 0.15) is 25.3 Å². The number of benzene rings is 1. The van der Waals surface area contributed by atoms with Gasteiger partial charge in [0.2, 0.25) is 0 Å². The molecule has 0 saturated carbocycles. The van der Waals surface area contributed by atoms with E-state index in [9.17, 15) is 0 Å². The highest BCUT2D eigenvalue weighted by molar-refractivity contribution is 5.25. The maximum atomic E-state index is 8.93. The maximum absolute atomic E-state index is 8.93. The third-order valence-corrected chi connectivity index (χ3v) is 2.54. The second-order valence-corrected chi connectivity index (χ2v) is 3.92. The van der Waals surface area contributed by atoms with Gasteiger partial charge in [-0.1, -0.05) is 44.2 Å². The van der Waals surface area contributed by atoms with Gasteiger partial charge in [0.05, 0.1) is 12.1 Å². The Morgan fingerprint density at radius 1 is 1.00 bits per heavy atom. The predicted octanol–water partition coefficient (Wildman–Crippen LogP) is 3.09. The molecule has 0 amide bonds. The zero-order valence-corrected chi connectivity index (χ0v) is 9.01. The van der Waals surface area contributed by atoms with E-state index in [1.165, 1.54) is 0 Å². The van der Waals surface area contributed by atoms with Gasteiger partial charge in [0.25, 0.3) is 0 Å². The molecule has 1 atom stereocenters. The topological polar surface area (TPSA) is 47.6 Å². The molecular weight excluding hydrogens is 184 g/mol. The minimum absolute atomic E-state index is 0.00111. The summed E-state index contributed by atoms with van der Waals surface area (Å²) in [5, 5.41) is 17.9. The molecular formula is C13H14N2. The van der Waals surface area contributed by atoms with E-state index in [0.717, 1.165) is 5.56 Å². The minimum Gasteiger partial charge on any atom is -0.197 e. The highest BCUT2D eigenvalue weighted by Crippen LogP contribution is 2.31. The van der Waals surface area contributed by atoms with Gasteiger partial charge in [0.1, 0.15) is 5.92 Å². The highest BCUT2D eigenvalue weighted by Gasteiger charge is 2.25. The van der Waals surface area contributed by atoms with Crippen molar-refractivity contribution in [2.75, 3.05) is 0 Å². The molecule has 76 valence electrons. The smallest absolute Gasteiger partial charge is 0.140 e. The Bertz CT molecular complexity index is 367. The normalized spacial score (nSPS) is 12.1. The summed E-state index contributed by atoms with van der Waals surface area (Å²) in [5.74, 6) is -0.273. The molecule has 0 bridgehead atoms. The van der Waals surface area contributed by atoms with Crippen molar-refractivity contribution in [3.63, 3.8) is 0 Å². The van der Waals surface area contributed by atoms with E-state index in [2.05, 4.69) is 12.1 Å². The Kier molecular flexibility index (Phi) is 3.89. The van der Waals surface area contributed by atoms with Gasteiger partial charge in [-0.15, -0.1) is 0 Å². The molecule has 0 N–H and O–H groups in total. The first kappa shape index (κ1) is 11.3. The van der Waals surface area contributed by atoms with Crippen molar-refractivity contribution in [1.82, 2.24) is 0 Å². The first-order chi connectivity index (χ1) is 7.20. The molecule has 1 rings (SSSR count). The van der Waals surface area contributed by atoms with Crippen LogP contribution in [0.25, 0.3) is 0 Å². The van der Waals surface area contributed by atoms with Crippen LogP contribution < -0.4 is 0 Å². The molecule has 15 heavy (non-hydrogen) atoms. The second-order valence-electron chi connectivity index (χ2n) is 3.92. The van der Waals surface area contributed by atoms with Crippen LogP contribution in [-0.2, 0) is 0 Å². The molecule has 0 radical (unpaired) electrons. The predicted molar refractivity (Wildman–Crippen MR) is 58.7 cm³/mol. The van der Waals surface area contributed by atoms with Crippen molar-refractivity contribution < 1.29 is 0 Å². The van der Waals surface area contributed by atoms with Crippen molar-refractivity contribution in [3.05, 3.63) is 35.9 Å². The van der Waals surface area contributed by atoms with Crippen molar-refractivity contribution in [3.8, 4) is 12.1 Å². The Hall–Kier alpha value is -1.80. The quantitative estimate of drug-likeness (QED) is 0.749. The summed E-state index contributed by atoms with van der Waals surface area (Å²) in [6, 6.07) is 13.9. The molecule has 2 heteroatoms. The molecule has 2 nitrogen and oxygen atoms in total. The first-order valence-corrected chi connectivity index (χ1v) is 5.05. The van der Waals surface area contributed by atoms with Gasteiger partial charge in [-0.05, 0) is 11.5 Å². The van der Waals surface area contributed by atoms with Gasteiger partial charge in [-0.3, -0.25) is 0 Å². The Balaban J connectivity index is 3.06. The fraction of sp³-hybridized carbons (Fsp3) is 0.385. The Morgan fingerprint density at radius 2 is 1.53 bits per heavy atom. The summed E-state index contributed by atoms with van der Waals surface area (Å²) in [4.78, 5) is 0. The largest absolute Gasteiger partial charge is 0.197 e. The van der Waals surface area contributed by atoms with Gasteiger partial charge in [0.15, 0.2) is 0 Å². The Labute approximate surface area is 90.8 Å². The summed E-state index contributed by atoms with van der Waals surface area (Å²) < 4.78 is 0. The fourth-order valence-electron chi connectivity index (χ4n) is 1.83. The van der Waals surface area contributed by atoms with Crippen LogP contribution in [0.3, 0.4) is 0 Å². The second kappa shape index (κ2) is 5.17. The molecule has 0 fully saturated rings. The lowest BCUT2D eigenvalue weighted by atomic mass is 9.80. The van der Waals surface area contributed by atoms with Crippen LogP contribution in [0.5, 0.6) is 0 Å². The zero-order chi connectivity index (χ0) is 11.3. The highest BCUT2D eigenvalue weighted by atomic mass is 14.4. The van der Waals surface area contributed by atoms with Gasteiger partial charge in [0, 0.05) is 5.92 Å². The average molecular weight is 198 g/mol. The third-order valence-electron chi connectivity index (χ3n) is 2.54. The molecule has 0 saturated heterocycles. The molecule has 1 aromatic carbocycles. The van der Waals surface area contributed by atoms with Gasteiger partial charge >= 0.3 is 0 Å². The number of hydrogen-bond acceptors (Lipinski definition) is 2. The van der Waals surface area contributed by atoms with Crippen molar-refractivity contribution >= 4 is 0 Å². The van der Waals surface area contributed by atoms with E-state index in [1.54, 1.807) is 0 Å². The van der Waals surface area contributed by atoms with E-state index in [4.69, 9.17) is 10.5 Å². The molecule has 0 aliphatic heterocycles.